The number of carbonyl (C=O) groups excluding carboxylic acids is 1. The van der Waals surface area contributed by atoms with Gasteiger partial charge >= 0.3 is 0 Å². The van der Waals surface area contributed by atoms with Crippen molar-refractivity contribution < 1.29 is 13.9 Å². The summed E-state index contributed by atoms with van der Waals surface area (Å²) in [5.74, 6) is 0.113. The molecule has 0 unspecified atom stereocenters. The van der Waals surface area contributed by atoms with E-state index in [0.717, 1.165) is 5.75 Å². The lowest BCUT2D eigenvalue weighted by atomic mass is 10.2. The largest absolute Gasteiger partial charge is 0.494 e. The van der Waals surface area contributed by atoms with Crippen molar-refractivity contribution >= 4 is 28.9 Å². The minimum Gasteiger partial charge on any atom is -0.494 e. The van der Waals surface area contributed by atoms with Crippen LogP contribution in [0.25, 0.3) is 0 Å². The van der Waals surface area contributed by atoms with E-state index in [-0.39, 0.29) is 10.9 Å². The van der Waals surface area contributed by atoms with Gasteiger partial charge in [0, 0.05) is 11.9 Å². The summed E-state index contributed by atoms with van der Waals surface area (Å²) in [6.07, 6.45) is 1.05. The van der Waals surface area contributed by atoms with Crippen molar-refractivity contribution in [2.45, 2.75) is 13.1 Å². The van der Waals surface area contributed by atoms with Crippen LogP contribution in [0.1, 0.15) is 29.1 Å². The normalized spacial score (nSPS) is 15.5. The number of halogens is 2. The number of hydrogen-bond donors (Lipinski definition) is 1. The summed E-state index contributed by atoms with van der Waals surface area (Å²) in [5.41, 5.74) is 2.28. The molecule has 2 aromatic carbocycles. The van der Waals surface area contributed by atoms with Crippen molar-refractivity contribution in [3.8, 4) is 5.75 Å². The van der Waals surface area contributed by atoms with Crippen molar-refractivity contribution in [3.63, 3.8) is 0 Å². The quantitative estimate of drug-likeness (QED) is 0.655. The molecule has 2 heterocycles. The van der Waals surface area contributed by atoms with E-state index in [1.807, 2.05) is 31.2 Å². The predicted octanol–water partition coefficient (Wildman–Crippen LogP) is 5.04. The molecule has 3 aromatic rings. The fourth-order valence-corrected chi connectivity index (χ4v) is 3.43. The lowest BCUT2D eigenvalue weighted by Gasteiger charge is -2.27. The SMILES string of the molecule is CCOc1ccc(N2C(=O)c3cccnc3[C@@H]2Nc2ccc(F)cc2Cl)cc1. The number of amides is 1. The Morgan fingerprint density at radius 3 is 2.71 bits per heavy atom. The van der Waals surface area contributed by atoms with Gasteiger partial charge in [-0.1, -0.05) is 11.6 Å². The Labute approximate surface area is 166 Å². The highest BCUT2D eigenvalue weighted by atomic mass is 35.5. The molecule has 0 spiro atoms. The number of rotatable bonds is 5. The maximum Gasteiger partial charge on any atom is 0.262 e. The fraction of sp³-hybridized carbons (Fsp3) is 0.143. The smallest absolute Gasteiger partial charge is 0.262 e. The van der Waals surface area contributed by atoms with Crippen LogP contribution in [0, 0.1) is 5.82 Å². The van der Waals surface area contributed by atoms with Gasteiger partial charge in [-0.05, 0) is 61.5 Å². The van der Waals surface area contributed by atoms with Crippen molar-refractivity contribution in [1.29, 1.82) is 0 Å². The summed E-state index contributed by atoms with van der Waals surface area (Å²) in [6, 6.07) is 14.8. The molecule has 28 heavy (non-hydrogen) atoms. The van der Waals surface area contributed by atoms with Gasteiger partial charge in [-0.15, -0.1) is 0 Å². The van der Waals surface area contributed by atoms with Gasteiger partial charge in [0.15, 0.2) is 6.17 Å². The van der Waals surface area contributed by atoms with Gasteiger partial charge in [0.25, 0.3) is 5.91 Å². The van der Waals surface area contributed by atoms with Crippen LogP contribution in [0.4, 0.5) is 15.8 Å². The maximum absolute atomic E-state index is 13.4. The van der Waals surface area contributed by atoms with Crippen molar-refractivity contribution in [2.24, 2.45) is 0 Å². The summed E-state index contributed by atoms with van der Waals surface area (Å²) in [4.78, 5) is 19.1. The maximum atomic E-state index is 13.4. The molecule has 0 saturated carbocycles. The molecule has 7 heteroatoms. The van der Waals surface area contributed by atoms with E-state index < -0.39 is 12.0 Å². The van der Waals surface area contributed by atoms with E-state index in [1.165, 1.54) is 12.1 Å². The molecule has 142 valence electrons. The van der Waals surface area contributed by atoms with Crippen LogP contribution < -0.4 is 15.0 Å². The highest BCUT2D eigenvalue weighted by molar-refractivity contribution is 6.33. The van der Waals surface area contributed by atoms with E-state index in [4.69, 9.17) is 16.3 Å². The number of pyridine rings is 1. The van der Waals surface area contributed by atoms with Gasteiger partial charge < -0.3 is 10.1 Å². The minimum absolute atomic E-state index is 0.178. The molecule has 1 amide bonds. The highest BCUT2D eigenvalue weighted by Gasteiger charge is 2.39. The summed E-state index contributed by atoms with van der Waals surface area (Å²) >= 11 is 6.18. The second-order valence-corrected chi connectivity index (χ2v) is 6.62. The Morgan fingerprint density at radius 2 is 2.00 bits per heavy atom. The van der Waals surface area contributed by atoms with E-state index in [1.54, 1.807) is 29.3 Å². The zero-order valence-electron chi connectivity index (χ0n) is 15.0. The highest BCUT2D eigenvalue weighted by Crippen LogP contribution is 2.38. The molecule has 1 atom stereocenters. The second-order valence-electron chi connectivity index (χ2n) is 6.21. The molecular formula is C21H17ClFN3O2. The van der Waals surface area contributed by atoms with E-state index in [0.29, 0.717) is 29.2 Å². The lowest BCUT2D eigenvalue weighted by molar-refractivity contribution is 0.0993. The Bertz CT molecular complexity index is 1030. The van der Waals surface area contributed by atoms with Gasteiger partial charge in [0.2, 0.25) is 0 Å². The zero-order chi connectivity index (χ0) is 19.7. The number of nitrogens with zero attached hydrogens (tertiary/aromatic N) is 2. The molecule has 0 aliphatic carbocycles. The van der Waals surface area contributed by atoms with Crippen molar-refractivity contribution in [3.05, 3.63) is 82.9 Å². The molecule has 1 aromatic heterocycles. The van der Waals surface area contributed by atoms with Crippen LogP contribution in [0.15, 0.2) is 60.8 Å². The molecular weight excluding hydrogens is 381 g/mol. The molecule has 0 saturated heterocycles. The number of ether oxygens (including phenoxy) is 1. The number of hydrogen-bond acceptors (Lipinski definition) is 4. The number of anilines is 2. The predicted molar refractivity (Wildman–Crippen MR) is 106 cm³/mol. The summed E-state index contributed by atoms with van der Waals surface area (Å²) < 4.78 is 18.9. The fourth-order valence-electron chi connectivity index (χ4n) is 3.21. The van der Waals surface area contributed by atoms with Gasteiger partial charge in [-0.25, -0.2) is 4.39 Å². The van der Waals surface area contributed by atoms with Crippen molar-refractivity contribution in [2.75, 3.05) is 16.8 Å². The Hall–Kier alpha value is -3.12. The Balaban J connectivity index is 1.74. The third-order valence-electron chi connectivity index (χ3n) is 4.45. The molecule has 1 aliphatic rings. The molecule has 4 rings (SSSR count). The van der Waals surface area contributed by atoms with Gasteiger partial charge in [-0.2, -0.15) is 0 Å². The second kappa shape index (κ2) is 7.48. The van der Waals surface area contributed by atoms with Gasteiger partial charge in [0.05, 0.1) is 28.6 Å². The topological polar surface area (TPSA) is 54.5 Å². The summed E-state index contributed by atoms with van der Waals surface area (Å²) in [5, 5.41) is 3.45. The molecule has 0 fully saturated rings. The monoisotopic (exact) mass is 397 g/mol. The Morgan fingerprint density at radius 1 is 1.21 bits per heavy atom. The van der Waals surface area contributed by atoms with Crippen LogP contribution in [0.3, 0.4) is 0 Å². The van der Waals surface area contributed by atoms with Crippen LogP contribution in [0.5, 0.6) is 5.75 Å². The number of carbonyl (C=O) groups is 1. The third kappa shape index (κ3) is 3.27. The lowest BCUT2D eigenvalue weighted by Crippen LogP contribution is -2.32. The van der Waals surface area contributed by atoms with Crippen LogP contribution in [-0.2, 0) is 0 Å². The first kappa shape index (κ1) is 18.3. The number of nitrogens with one attached hydrogen (secondary N) is 1. The first-order valence-corrected chi connectivity index (χ1v) is 9.19. The Kier molecular flexibility index (Phi) is 4.88. The van der Waals surface area contributed by atoms with Crippen LogP contribution in [-0.4, -0.2) is 17.5 Å². The molecule has 0 bridgehead atoms. The first-order valence-electron chi connectivity index (χ1n) is 8.81. The van der Waals surface area contributed by atoms with Gasteiger partial charge in [0.1, 0.15) is 11.6 Å². The van der Waals surface area contributed by atoms with E-state index >= 15 is 0 Å². The minimum atomic E-state index is -0.579. The number of benzene rings is 2. The molecule has 5 nitrogen and oxygen atoms in total. The average Bonchev–Trinajstić information content (AvgIpc) is 2.97. The summed E-state index contributed by atoms with van der Waals surface area (Å²) in [6.45, 7) is 2.47. The third-order valence-corrected chi connectivity index (χ3v) is 4.77. The zero-order valence-corrected chi connectivity index (χ0v) is 15.8. The molecule has 1 N–H and O–H groups in total. The standard InChI is InChI=1S/C21H17ClFN3O2/c1-2-28-15-8-6-14(7-9-15)26-20(19-16(21(26)27)4-3-11-24-19)25-18-10-5-13(23)12-17(18)22/h3-12,20,25H,2H2,1H3/t20-/m1/s1. The van der Waals surface area contributed by atoms with Crippen LogP contribution >= 0.6 is 11.6 Å². The van der Waals surface area contributed by atoms with E-state index in [2.05, 4.69) is 10.3 Å². The van der Waals surface area contributed by atoms with Crippen LogP contribution in [0.2, 0.25) is 5.02 Å². The number of aromatic nitrogens is 1. The molecule has 1 aliphatic heterocycles. The van der Waals surface area contributed by atoms with Crippen molar-refractivity contribution in [1.82, 2.24) is 4.98 Å². The average molecular weight is 398 g/mol. The van der Waals surface area contributed by atoms with E-state index in [9.17, 15) is 9.18 Å². The summed E-state index contributed by atoms with van der Waals surface area (Å²) in [7, 11) is 0. The number of fused-ring (bicyclic) bond motifs is 1. The molecule has 0 radical (unpaired) electrons. The first-order chi connectivity index (χ1) is 13.6. The van der Waals surface area contributed by atoms with Gasteiger partial charge in [-0.3, -0.25) is 14.7 Å².